The second kappa shape index (κ2) is 9.31. The number of thiophene rings is 1. The lowest BCUT2D eigenvalue weighted by molar-refractivity contribution is -0.137. The molecule has 0 fully saturated rings. The van der Waals surface area contributed by atoms with Gasteiger partial charge in [-0.15, -0.1) is 11.3 Å². The molecule has 1 aliphatic rings. The normalized spacial score (nSPS) is 16.7. The number of alkyl halides is 3. The van der Waals surface area contributed by atoms with E-state index in [1.807, 2.05) is 28.6 Å². The van der Waals surface area contributed by atoms with Crippen molar-refractivity contribution in [3.8, 4) is 0 Å². The molecule has 2 aromatic rings. The Morgan fingerprint density at radius 2 is 2.00 bits per heavy atom. The first-order valence-electron chi connectivity index (χ1n) is 9.40. The molecule has 0 radical (unpaired) electrons. The van der Waals surface area contributed by atoms with Gasteiger partial charge in [-0.3, -0.25) is 0 Å². The Bertz CT molecular complexity index is 888. The Labute approximate surface area is 171 Å². The molecule has 1 unspecified atom stereocenters. The number of rotatable bonds is 8. The summed E-state index contributed by atoms with van der Waals surface area (Å²) >= 11 is 1.62. The fourth-order valence-corrected chi connectivity index (χ4v) is 4.21. The molecule has 3 rings (SSSR count). The zero-order valence-corrected chi connectivity index (χ0v) is 16.5. The van der Waals surface area contributed by atoms with Gasteiger partial charge in [-0.25, -0.2) is 4.79 Å². The maximum atomic E-state index is 12.8. The summed E-state index contributed by atoms with van der Waals surface area (Å²) in [4.78, 5) is 14.8. The minimum atomic E-state index is -4.34. The summed E-state index contributed by atoms with van der Waals surface area (Å²) in [5.74, 6) is -0.937. The number of allylic oxidation sites excluding steroid dienone is 2. The Morgan fingerprint density at radius 1 is 1.17 bits per heavy atom. The summed E-state index contributed by atoms with van der Waals surface area (Å²) < 4.78 is 38.5. The summed E-state index contributed by atoms with van der Waals surface area (Å²) in [5, 5.41) is 11.5. The van der Waals surface area contributed by atoms with E-state index in [9.17, 15) is 23.1 Å². The van der Waals surface area contributed by atoms with Crippen molar-refractivity contribution in [3.05, 3.63) is 81.7 Å². The van der Waals surface area contributed by atoms with Gasteiger partial charge in [-0.1, -0.05) is 30.7 Å². The van der Waals surface area contributed by atoms with E-state index in [-0.39, 0.29) is 6.04 Å². The first-order valence-corrected chi connectivity index (χ1v) is 10.3. The molecule has 3 nitrogen and oxygen atoms in total. The molecule has 7 heteroatoms. The molecule has 1 aromatic heterocycles. The molecule has 0 aliphatic carbocycles. The molecule has 1 atom stereocenters. The molecule has 0 saturated carbocycles. The van der Waals surface area contributed by atoms with Gasteiger partial charge in [-0.05, 0) is 54.5 Å². The van der Waals surface area contributed by atoms with Gasteiger partial charge in [0.1, 0.15) is 0 Å². The predicted molar refractivity (Wildman–Crippen MR) is 108 cm³/mol. The number of aliphatic carboxylic acids is 1. The number of nitrogens with zero attached hydrogens (tertiary/aromatic N) is 1. The van der Waals surface area contributed by atoms with Crippen LogP contribution in [0.3, 0.4) is 0 Å². The highest BCUT2D eigenvalue weighted by Gasteiger charge is 2.30. The van der Waals surface area contributed by atoms with Gasteiger partial charge in [0.15, 0.2) is 0 Å². The molecule has 0 spiro atoms. The van der Waals surface area contributed by atoms with Crippen LogP contribution in [-0.2, 0) is 23.9 Å². The number of carbonyl (C=O) groups is 1. The van der Waals surface area contributed by atoms with Gasteiger partial charge in [0.25, 0.3) is 0 Å². The summed E-state index contributed by atoms with van der Waals surface area (Å²) in [6.45, 7) is 0.636. The number of benzene rings is 1. The van der Waals surface area contributed by atoms with Crippen molar-refractivity contribution < 1.29 is 23.1 Å². The summed E-state index contributed by atoms with van der Waals surface area (Å²) in [5.41, 5.74) is 0.363. The molecular weight excluding hydrogens is 399 g/mol. The molecule has 0 saturated heterocycles. The monoisotopic (exact) mass is 421 g/mol. The van der Waals surface area contributed by atoms with Crippen molar-refractivity contribution in [2.24, 2.45) is 0 Å². The lowest BCUT2D eigenvalue weighted by atomic mass is 9.95. The Morgan fingerprint density at radius 3 is 2.69 bits per heavy atom. The zero-order valence-electron chi connectivity index (χ0n) is 15.7. The van der Waals surface area contributed by atoms with E-state index in [0.717, 1.165) is 17.4 Å². The Kier molecular flexibility index (Phi) is 6.79. The Balaban J connectivity index is 1.60. The smallest absolute Gasteiger partial charge is 0.416 e. The quantitative estimate of drug-likeness (QED) is 0.541. The van der Waals surface area contributed by atoms with Crippen LogP contribution in [0.2, 0.25) is 0 Å². The van der Waals surface area contributed by atoms with Gasteiger partial charge >= 0.3 is 12.1 Å². The number of hydrogen-bond donors (Lipinski definition) is 1. The number of carboxylic acids is 1. The molecule has 154 valence electrons. The molecule has 0 amide bonds. The van der Waals surface area contributed by atoms with Gasteiger partial charge in [0.05, 0.1) is 23.7 Å². The van der Waals surface area contributed by atoms with Crippen LogP contribution < -0.4 is 0 Å². The summed E-state index contributed by atoms with van der Waals surface area (Å²) in [6.07, 6.45) is 3.52. The van der Waals surface area contributed by atoms with Gasteiger partial charge < -0.3 is 10.0 Å². The molecule has 29 heavy (non-hydrogen) atoms. The van der Waals surface area contributed by atoms with Crippen LogP contribution in [0.25, 0.3) is 0 Å². The van der Waals surface area contributed by atoms with E-state index < -0.39 is 17.7 Å². The lowest BCUT2D eigenvalue weighted by Gasteiger charge is -2.33. The minimum Gasteiger partial charge on any atom is -0.478 e. The largest absolute Gasteiger partial charge is 0.478 e. The number of aryl methyl sites for hydroxylation is 1. The van der Waals surface area contributed by atoms with Crippen molar-refractivity contribution in [1.29, 1.82) is 0 Å². The van der Waals surface area contributed by atoms with Crippen molar-refractivity contribution in [1.82, 2.24) is 4.90 Å². The highest BCUT2D eigenvalue weighted by molar-refractivity contribution is 7.09. The average Bonchev–Trinajstić information content (AvgIpc) is 3.18. The van der Waals surface area contributed by atoms with E-state index >= 15 is 0 Å². The number of carboxylic acid groups (broad SMARTS) is 1. The van der Waals surface area contributed by atoms with Crippen molar-refractivity contribution in [2.75, 3.05) is 0 Å². The fraction of sp³-hybridized carbons (Fsp3) is 0.318. The van der Waals surface area contributed by atoms with Crippen LogP contribution >= 0.6 is 11.3 Å². The molecule has 1 aliphatic heterocycles. The van der Waals surface area contributed by atoms with Gasteiger partial charge in [0.2, 0.25) is 0 Å². The van der Waals surface area contributed by atoms with Gasteiger partial charge in [0, 0.05) is 11.1 Å². The summed E-state index contributed by atoms with van der Waals surface area (Å²) in [6, 6.07) is 9.12. The second-order valence-electron chi connectivity index (χ2n) is 6.98. The Hall–Kier alpha value is -2.54. The third-order valence-corrected chi connectivity index (χ3v) is 5.79. The number of unbranched alkanes of at least 4 members (excludes halogenated alkanes) is 1. The van der Waals surface area contributed by atoms with Gasteiger partial charge in [-0.2, -0.15) is 13.2 Å². The SMILES string of the molecule is O=C(O)C1=CC=CN(Cc2cccs2)C1CCCCc1cccc(C(F)(F)F)c1. The van der Waals surface area contributed by atoms with E-state index in [1.165, 1.54) is 12.1 Å². The maximum absolute atomic E-state index is 12.8. The fourth-order valence-electron chi connectivity index (χ4n) is 3.50. The highest BCUT2D eigenvalue weighted by atomic mass is 32.1. The summed E-state index contributed by atoms with van der Waals surface area (Å²) in [7, 11) is 0. The molecular formula is C22H22F3NO2S. The van der Waals surface area contributed by atoms with E-state index in [0.29, 0.717) is 36.9 Å². The van der Waals surface area contributed by atoms with Crippen molar-refractivity contribution >= 4 is 17.3 Å². The highest BCUT2D eigenvalue weighted by Crippen LogP contribution is 2.30. The van der Waals surface area contributed by atoms with Crippen molar-refractivity contribution in [2.45, 2.75) is 44.4 Å². The van der Waals surface area contributed by atoms with Crippen LogP contribution in [-0.4, -0.2) is 22.0 Å². The average molecular weight is 421 g/mol. The zero-order chi connectivity index (χ0) is 20.9. The topological polar surface area (TPSA) is 40.5 Å². The van der Waals surface area contributed by atoms with Crippen LogP contribution in [0.4, 0.5) is 13.2 Å². The molecule has 0 bridgehead atoms. The number of halogens is 3. The van der Waals surface area contributed by atoms with E-state index in [2.05, 4.69) is 0 Å². The molecule has 1 N–H and O–H groups in total. The third-order valence-electron chi connectivity index (χ3n) is 4.93. The molecule has 1 aromatic carbocycles. The predicted octanol–water partition coefficient (Wildman–Crippen LogP) is 5.89. The van der Waals surface area contributed by atoms with E-state index in [4.69, 9.17) is 0 Å². The van der Waals surface area contributed by atoms with Crippen molar-refractivity contribution in [3.63, 3.8) is 0 Å². The third kappa shape index (κ3) is 5.73. The number of hydrogen-bond acceptors (Lipinski definition) is 3. The first kappa shape index (κ1) is 21.2. The van der Waals surface area contributed by atoms with Crippen LogP contribution in [0.5, 0.6) is 0 Å². The minimum absolute atomic E-state index is 0.249. The molecule has 2 heterocycles. The van der Waals surface area contributed by atoms with Crippen LogP contribution in [0, 0.1) is 0 Å². The second-order valence-corrected chi connectivity index (χ2v) is 8.01. The first-order chi connectivity index (χ1) is 13.8. The van der Waals surface area contributed by atoms with Crippen LogP contribution in [0.15, 0.2) is 65.7 Å². The standard InChI is InChI=1S/C22H22F3NO2S/c23-22(24,25)17-8-3-7-16(14-17)6-1-2-11-20-19(21(27)28)10-4-12-26(20)15-18-9-5-13-29-18/h3-5,7-10,12-14,20H,1-2,6,11,15H2,(H,27,28). The lowest BCUT2D eigenvalue weighted by Crippen LogP contribution is -2.36. The maximum Gasteiger partial charge on any atom is 0.416 e. The van der Waals surface area contributed by atoms with E-state index in [1.54, 1.807) is 29.6 Å². The van der Waals surface area contributed by atoms with Crippen LogP contribution in [0.1, 0.15) is 35.3 Å².